The minimum atomic E-state index is -1.27. The van der Waals surface area contributed by atoms with Crippen LogP contribution in [-0.2, 0) is 11.4 Å². The standard InChI is InChI=1S/C18H28N2O2S/c1-14(20-23(21)17(2,3)4)16-9-8-15(12-19-16)22-13-18(5)10-6-7-11-18/h8-9,12H,6-7,10-11,13H2,1-5H3/t23-/m1/s1. The molecule has 5 heteroatoms. The van der Waals surface area contributed by atoms with Gasteiger partial charge in [0.25, 0.3) is 0 Å². The summed E-state index contributed by atoms with van der Waals surface area (Å²) >= 11 is -1.27. The van der Waals surface area contributed by atoms with E-state index >= 15 is 0 Å². The van der Waals surface area contributed by atoms with Gasteiger partial charge in [-0.2, -0.15) is 0 Å². The van der Waals surface area contributed by atoms with Crippen molar-refractivity contribution in [3.8, 4) is 5.75 Å². The molecule has 0 unspecified atom stereocenters. The molecule has 1 atom stereocenters. The molecule has 23 heavy (non-hydrogen) atoms. The van der Waals surface area contributed by atoms with Crippen LogP contribution in [0.2, 0.25) is 0 Å². The normalized spacial score (nSPS) is 19.7. The lowest BCUT2D eigenvalue weighted by atomic mass is 9.90. The number of pyridine rings is 1. The van der Waals surface area contributed by atoms with Crippen molar-refractivity contribution in [2.45, 2.75) is 65.0 Å². The molecule has 1 aromatic rings. The molecule has 1 aliphatic rings. The summed E-state index contributed by atoms with van der Waals surface area (Å²) in [5.41, 5.74) is 1.73. The lowest BCUT2D eigenvalue weighted by Crippen LogP contribution is -2.26. The van der Waals surface area contributed by atoms with Crippen molar-refractivity contribution >= 4 is 17.1 Å². The molecule has 0 amide bonds. The summed E-state index contributed by atoms with van der Waals surface area (Å²) in [6.45, 7) is 10.6. The minimum Gasteiger partial charge on any atom is -0.591 e. The second-order valence-corrected chi connectivity index (χ2v) is 9.63. The van der Waals surface area contributed by atoms with Crippen molar-refractivity contribution in [2.24, 2.45) is 9.81 Å². The fourth-order valence-corrected chi connectivity index (χ4v) is 3.23. The highest BCUT2D eigenvalue weighted by Gasteiger charge is 2.29. The molecule has 0 radical (unpaired) electrons. The van der Waals surface area contributed by atoms with Gasteiger partial charge in [0.05, 0.1) is 18.5 Å². The largest absolute Gasteiger partial charge is 0.591 e. The Morgan fingerprint density at radius 1 is 1.35 bits per heavy atom. The van der Waals surface area contributed by atoms with Gasteiger partial charge in [-0.3, -0.25) is 4.98 Å². The second-order valence-electron chi connectivity index (χ2n) is 7.72. The van der Waals surface area contributed by atoms with E-state index in [1.54, 1.807) is 6.20 Å². The number of nitrogens with zero attached hydrogens (tertiary/aromatic N) is 2. The molecule has 2 rings (SSSR count). The highest BCUT2D eigenvalue weighted by molar-refractivity contribution is 7.91. The molecule has 0 N–H and O–H groups in total. The first-order valence-corrected chi connectivity index (χ1v) is 9.37. The topological polar surface area (TPSA) is 57.5 Å². The molecule has 0 spiro atoms. The molecule has 1 heterocycles. The Kier molecular flexibility index (Phi) is 5.74. The Labute approximate surface area is 143 Å². The van der Waals surface area contributed by atoms with E-state index in [1.165, 1.54) is 25.7 Å². The zero-order chi connectivity index (χ0) is 17.1. The van der Waals surface area contributed by atoms with Gasteiger partial charge in [-0.15, -0.1) is 0 Å². The Balaban J connectivity index is 1.97. The van der Waals surface area contributed by atoms with Crippen LogP contribution >= 0.6 is 0 Å². The van der Waals surface area contributed by atoms with Crippen molar-refractivity contribution in [3.05, 3.63) is 24.0 Å². The van der Waals surface area contributed by atoms with Crippen molar-refractivity contribution in [2.75, 3.05) is 6.61 Å². The highest BCUT2D eigenvalue weighted by Crippen LogP contribution is 2.37. The van der Waals surface area contributed by atoms with Crippen LogP contribution in [0.4, 0.5) is 0 Å². The summed E-state index contributed by atoms with van der Waals surface area (Å²) < 4.78 is 21.9. The van der Waals surface area contributed by atoms with E-state index < -0.39 is 11.4 Å². The van der Waals surface area contributed by atoms with Gasteiger partial charge in [0, 0.05) is 5.41 Å². The van der Waals surface area contributed by atoms with E-state index in [0.29, 0.717) is 11.1 Å². The summed E-state index contributed by atoms with van der Waals surface area (Å²) in [5.74, 6) is 0.784. The molecule has 1 fully saturated rings. The molecule has 1 aromatic heterocycles. The summed E-state index contributed by atoms with van der Waals surface area (Å²) in [7, 11) is 0. The molecule has 1 aliphatic carbocycles. The van der Waals surface area contributed by atoms with E-state index in [-0.39, 0.29) is 4.75 Å². The Morgan fingerprint density at radius 2 is 2.00 bits per heavy atom. The van der Waals surface area contributed by atoms with Crippen LogP contribution in [0.15, 0.2) is 22.7 Å². The number of rotatable bonds is 5. The van der Waals surface area contributed by atoms with Crippen molar-refractivity contribution in [1.29, 1.82) is 0 Å². The maximum Gasteiger partial charge on any atom is 0.144 e. The first-order chi connectivity index (χ1) is 10.7. The lowest BCUT2D eigenvalue weighted by molar-refractivity contribution is 0.168. The number of hydrogen-bond acceptors (Lipinski definition) is 4. The molecule has 128 valence electrons. The van der Waals surface area contributed by atoms with Crippen LogP contribution < -0.4 is 4.74 Å². The fraction of sp³-hybridized carbons (Fsp3) is 0.667. The quantitative estimate of drug-likeness (QED) is 0.594. The van der Waals surface area contributed by atoms with Gasteiger partial charge in [-0.25, -0.2) is 0 Å². The van der Waals surface area contributed by atoms with Gasteiger partial charge in [-0.05, 0) is 52.7 Å². The third-order valence-electron chi connectivity index (χ3n) is 4.25. The van der Waals surface area contributed by atoms with Crippen molar-refractivity contribution < 1.29 is 9.29 Å². The van der Waals surface area contributed by atoms with Gasteiger partial charge in [0.2, 0.25) is 0 Å². The van der Waals surface area contributed by atoms with Gasteiger partial charge >= 0.3 is 0 Å². The van der Waals surface area contributed by atoms with Crippen molar-refractivity contribution in [1.82, 2.24) is 4.98 Å². The molecule has 0 aliphatic heterocycles. The smallest absolute Gasteiger partial charge is 0.144 e. The van der Waals surface area contributed by atoms with Crippen molar-refractivity contribution in [3.63, 3.8) is 0 Å². The predicted octanol–water partition coefficient (Wildman–Crippen LogP) is 4.31. The van der Waals surface area contributed by atoms with Gasteiger partial charge in [0.1, 0.15) is 27.6 Å². The average Bonchev–Trinajstić information content (AvgIpc) is 2.92. The van der Waals surface area contributed by atoms with Crippen LogP contribution in [0.3, 0.4) is 0 Å². The Morgan fingerprint density at radius 3 is 2.52 bits per heavy atom. The zero-order valence-corrected chi connectivity index (χ0v) is 15.7. The maximum absolute atomic E-state index is 12.1. The number of ether oxygens (including phenoxy) is 1. The van der Waals surface area contributed by atoms with Gasteiger partial charge < -0.3 is 9.29 Å². The molecule has 4 nitrogen and oxygen atoms in total. The van der Waals surface area contributed by atoms with Crippen LogP contribution in [0, 0.1) is 5.41 Å². The van der Waals surface area contributed by atoms with E-state index in [2.05, 4.69) is 16.3 Å². The van der Waals surface area contributed by atoms with Crippen LogP contribution in [0.25, 0.3) is 0 Å². The molecular formula is C18H28N2O2S. The molecule has 0 aromatic carbocycles. The van der Waals surface area contributed by atoms with Crippen LogP contribution in [-0.4, -0.2) is 26.6 Å². The number of aromatic nitrogens is 1. The van der Waals surface area contributed by atoms with E-state index in [1.807, 2.05) is 39.8 Å². The van der Waals surface area contributed by atoms with Crippen LogP contribution in [0.1, 0.15) is 66.0 Å². The molecule has 1 saturated carbocycles. The highest BCUT2D eigenvalue weighted by atomic mass is 32.2. The van der Waals surface area contributed by atoms with E-state index in [9.17, 15) is 4.55 Å². The monoisotopic (exact) mass is 336 g/mol. The second kappa shape index (κ2) is 7.22. The summed E-state index contributed by atoms with van der Waals surface area (Å²) in [4.78, 5) is 4.39. The summed E-state index contributed by atoms with van der Waals surface area (Å²) in [6.07, 6.45) is 6.81. The first kappa shape index (κ1) is 18.3. The van der Waals surface area contributed by atoms with E-state index in [4.69, 9.17) is 4.74 Å². The third-order valence-corrected chi connectivity index (χ3v) is 5.74. The maximum atomic E-state index is 12.1. The Hall–Kier alpha value is -1.07. The zero-order valence-electron chi connectivity index (χ0n) is 14.9. The lowest BCUT2D eigenvalue weighted by Gasteiger charge is -2.23. The first-order valence-electron chi connectivity index (χ1n) is 8.26. The van der Waals surface area contributed by atoms with E-state index in [0.717, 1.165) is 18.1 Å². The summed E-state index contributed by atoms with van der Waals surface area (Å²) in [5, 5.41) is 0. The van der Waals surface area contributed by atoms with Crippen LogP contribution in [0.5, 0.6) is 5.75 Å². The van der Waals surface area contributed by atoms with Gasteiger partial charge in [-0.1, -0.05) is 24.2 Å². The molecular weight excluding hydrogens is 308 g/mol. The SMILES string of the molecule is CC(=N[S@+]([O-])C(C)(C)C)c1ccc(OCC2(C)CCCC2)cn1. The Bertz CT molecular complexity index is 543. The molecule has 0 bridgehead atoms. The number of hydrogen-bond donors (Lipinski definition) is 0. The minimum absolute atomic E-state index is 0.305. The predicted molar refractivity (Wildman–Crippen MR) is 96.4 cm³/mol. The summed E-state index contributed by atoms with van der Waals surface area (Å²) in [6, 6.07) is 3.80. The fourth-order valence-electron chi connectivity index (χ4n) is 2.62. The third kappa shape index (κ3) is 5.21. The average molecular weight is 337 g/mol. The van der Waals surface area contributed by atoms with Gasteiger partial charge in [0.15, 0.2) is 0 Å². The molecule has 0 saturated heterocycles.